The Labute approximate surface area is 582 Å². The van der Waals surface area contributed by atoms with E-state index in [0.717, 1.165) is 76.8 Å². The Morgan fingerprint density at radius 1 is 0.469 bits per heavy atom. The lowest BCUT2D eigenvalue weighted by Crippen LogP contribution is -2.29. The van der Waals surface area contributed by atoms with E-state index in [1.165, 1.54) is 83.6 Å². The number of benzene rings is 11. The summed E-state index contributed by atoms with van der Waals surface area (Å²) in [5.41, 5.74) is 27.6. The van der Waals surface area contributed by atoms with Gasteiger partial charge in [-0.05, 0) is 205 Å². The molecule has 0 fully saturated rings. The van der Waals surface area contributed by atoms with Crippen LogP contribution in [0, 0.1) is 5.92 Å². The number of para-hydroxylation sites is 1. The lowest BCUT2D eigenvalue weighted by atomic mass is 9.71. The molecule has 0 saturated carbocycles. The third kappa shape index (κ3) is 14.0. The van der Waals surface area contributed by atoms with Gasteiger partial charge in [-0.15, -0.1) is 0 Å². The molecule has 13 rings (SSSR count). The molecule has 0 aliphatic heterocycles. The zero-order valence-electron chi connectivity index (χ0n) is 57.5. The average Bonchev–Trinajstić information content (AvgIpc) is 1.29. The Bertz CT molecular complexity index is 4690. The van der Waals surface area contributed by atoms with E-state index in [4.69, 9.17) is 6.58 Å². The molecule has 2 aliphatic carbocycles. The summed E-state index contributed by atoms with van der Waals surface area (Å²) in [6.45, 7) is 23.3. The van der Waals surface area contributed by atoms with Crippen molar-refractivity contribution in [1.82, 2.24) is 0 Å². The summed E-state index contributed by atoms with van der Waals surface area (Å²) in [7, 11) is 0. The normalized spacial score (nSPS) is 13.9. The molecule has 98 heavy (non-hydrogen) atoms. The molecule has 482 valence electrons. The molecule has 0 spiro atoms. The molecule has 0 N–H and O–H groups in total. The summed E-state index contributed by atoms with van der Waals surface area (Å²) in [5.74, 6) is 0.281. The van der Waals surface area contributed by atoms with Gasteiger partial charge in [0.15, 0.2) is 0 Å². The minimum absolute atomic E-state index is 0.281. The van der Waals surface area contributed by atoms with Crippen LogP contribution in [-0.4, -0.2) is 0 Å². The van der Waals surface area contributed by atoms with Crippen molar-refractivity contribution < 1.29 is 0 Å². The number of hydrogen-bond donors (Lipinski definition) is 0. The first-order valence-electron chi connectivity index (χ1n) is 34.6. The quantitative estimate of drug-likeness (QED) is 0.0626. The molecule has 0 bridgehead atoms. The predicted molar refractivity (Wildman–Crippen MR) is 422 cm³/mol. The van der Waals surface area contributed by atoms with E-state index in [0.29, 0.717) is 0 Å². The standard InChI is InChI=1S/C95H87N3/c1-9-10-11-12-18-31-71-46-55-83(56-47-71)97(82-44-29-40-76(48-57-82)72-32-19-13-20-33-72)88-66-80(93(94(5,6)69(2)3)92(68-88)98(81-42-27-17-28-43-81)86-62-53-79(54-63-86)75-38-25-16-26-39-75)41-30-45-90-70(4)89-65-64-87(67-91(89)95(90,7)8)96(84-58-49-77(50-59-84)73-34-21-14-22-35-73)85-60-51-78(52-61-85)74-36-23-15-24-37-74/h9-29,32-40,42-43,45-69H,1,4,30-31,41,44H2,2-3,5-8H3/b11-10-,18-12-,90-45+. The lowest BCUT2D eigenvalue weighted by Gasteiger charge is -2.39. The van der Waals surface area contributed by atoms with Gasteiger partial charge in [-0.2, -0.15) is 0 Å². The SMILES string of the molecule is C=C/C=C\C=C/Cc1ccc(N(C2=CC=C(c3ccccc3)C=CC2)c2cc(CC/C=C3\C(=C)c4ccc(N(c5ccc(-c6ccccc6)cc5)c5ccc(-c6ccccc6)cc5)cc4C3(C)C)c(C(C)(C)C(C)C)c(N(c3ccccc3)c3ccc(-c4ccccc4)cc3)c2)cc1. The van der Waals surface area contributed by atoms with Gasteiger partial charge in [0.2, 0.25) is 0 Å². The fourth-order valence-corrected chi connectivity index (χ4v) is 14.1. The molecule has 0 radical (unpaired) electrons. The van der Waals surface area contributed by atoms with Crippen LogP contribution in [0.2, 0.25) is 0 Å². The number of allylic oxidation sites excluding steroid dienone is 13. The molecule has 11 aromatic rings. The number of fused-ring (bicyclic) bond motifs is 1. The van der Waals surface area contributed by atoms with Crippen LogP contribution in [0.1, 0.15) is 87.8 Å². The van der Waals surface area contributed by atoms with Gasteiger partial charge in [-0.1, -0.05) is 304 Å². The minimum atomic E-state index is -0.349. The molecule has 11 aromatic carbocycles. The first-order valence-corrected chi connectivity index (χ1v) is 34.6. The highest BCUT2D eigenvalue weighted by Gasteiger charge is 2.39. The third-order valence-corrected chi connectivity index (χ3v) is 20.0. The molecule has 3 heteroatoms. The van der Waals surface area contributed by atoms with Gasteiger partial charge in [-0.3, -0.25) is 0 Å². The lowest BCUT2D eigenvalue weighted by molar-refractivity contribution is 0.370. The molecule has 0 heterocycles. The van der Waals surface area contributed by atoms with Crippen molar-refractivity contribution >= 4 is 56.6 Å². The predicted octanol–water partition coefficient (Wildman–Crippen LogP) is 26.3. The fraction of sp³-hybridized carbons (Fsp3) is 0.137. The first kappa shape index (κ1) is 65.4. The van der Waals surface area contributed by atoms with Crippen molar-refractivity contribution in [3.05, 3.63) is 398 Å². The highest BCUT2D eigenvalue weighted by molar-refractivity contribution is 5.92. The van der Waals surface area contributed by atoms with E-state index >= 15 is 0 Å². The van der Waals surface area contributed by atoms with Crippen LogP contribution in [0.25, 0.3) is 44.5 Å². The maximum atomic E-state index is 4.94. The van der Waals surface area contributed by atoms with E-state index in [2.05, 4.69) is 384 Å². The highest BCUT2D eigenvalue weighted by Crippen LogP contribution is 2.53. The molecule has 0 amide bonds. The largest absolute Gasteiger partial charge is 0.314 e. The van der Waals surface area contributed by atoms with Gasteiger partial charge in [0.1, 0.15) is 0 Å². The second-order valence-electron chi connectivity index (χ2n) is 27.1. The van der Waals surface area contributed by atoms with Crippen molar-refractivity contribution in [2.75, 3.05) is 14.7 Å². The smallest absolute Gasteiger partial charge is 0.0522 e. The third-order valence-electron chi connectivity index (χ3n) is 20.0. The van der Waals surface area contributed by atoms with Crippen LogP contribution in [-0.2, 0) is 23.7 Å². The maximum Gasteiger partial charge on any atom is 0.0522 e. The maximum absolute atomic E-state index is 4.94. The summed E-state index contributed by atoms with van der Waals surface area (Å²) >= 11 is 0. The number of rotatable bonds is 22. The molecule has 3 nitrogen and oxygen atoms in total. The molecule has 0 atom stereocenters. The monoisotopic (exact) mass is 1270 g/mol. The van der Waals surface area contributed by atoms with Crippen molar-refractivity contribution in [3.63, 3.8) is 0 Å². The number of anilines is 8. The Morgan fingerprint density at radius 2 is 0.939 bits per heavy atom. The van der Waals surface area contributed by atoms with Crippen molar-refractivity contribution in [2.45, 2.75) is 78.1 Å². The van der Waals surface area contributed by atoms with Crippen molar-refractivity contribution in [2.24, 2.45) is 5.92 Å². The number of nitrogens with zero attached hydrogens (tertiary/aromatic N) is 3. The fourth-order valence-electron chi connectivity index (χ4n) is 14.1. The average molecular weight is 1270 g/mol. The van der Waals surface area contributed by atoms with Crippen LogP contribution >= 0.6 is 0 Å². The summed E-state index contributed by atoms with van der Waals surface area (Å²) in [6, 6.07) is 102. The van der Waals surface area contributed by atoms with E-state index in [9.17, 15) is 0 Å². The molecule has 0 aromatic heterocycles. The Morgan fingerprint density at radius 3 is 1.47 bits per heavy atom. The van der Waals surface area contributed by atoms with Crippen LogP contribution in [0.3, 0.4) is 0 Å². The molecular weight excluding hydrogens is 1180 g/mol. The molecular formula is C95H87N3. The zero-order chi connectivity index (χ0) is 67.6. The number of hydrogen-bond acceptors (Lipinski definition) is 3. The Kier molecular flexibility index (Phi) is 19.6. The van der Waals surface area contributed by atoms with Gasteiger partial charge in [-0.25, -0.2) is 0 Å². The van der Waals surface area contributed by atoms with Crippen molar-refractivity contribution in [1.29, 1.82) is 0 Å². The van der Waals surface area contributed by atoms with E-state index in [1.807, 2.05) is 18.2 Å². The van der Waals surface area contributed by atoms with Crippen LogP contribution in [0.15, 0.2) is 364 Å². The van der Waals surface area contributed by atoms with Crippen molar-refractivity contribution in [3.8, 4) is 33.4 Å². The van der Waals surface area contributed by atoms with Gasteiger partial charge in [0.05, 0.1) is 5.69 Å². The van der Waals surface area contributed by atoms with Crippen LogP contribution < -0.4 is 14.7 Å². The zero-order valence-corrected chi connectivity index (χ0v) is 57.5. The molecule has 2 aliphatic rings. The minimum Gasteiger partial charge on any atom is -0.314 e. The second kappa shape index (κ2) is 29.4. The summed E-state index contributed by atoms with van der Waals surface area (Å²) < 4.78 is 0. The molecule has 0 saturated heterocycles. The van der Waals surface area contributed by atoms with E-state index in [-0.39, 0.29) is 16.7 Å². The Hall–Kier alpha value is -11.3. The summed E-state index contributed by atoms with van der Waals surface area (Å²) in [6.07, 6.45) is 25.0. The topological polar surface area (TPSA) is 9.72 Å². The van der Waals surface area contributed by atoms with E-state index in [1.54, 1.807) is 0 Å². The van der Waals surface area contributed by atoms with Gasteiger partial charge >= 0.3 is 0 Å². The first-order chi connectivity index (χ1) is 47.8. The van der Waals surface area contributed by atoms with Crippen LogP contribution in [0.4, 0.5) is 45.5 Å². The molecule has 0 unspecified atom stereocenters. The summed E-state index contributed by atoms with van der Waals surface area (Å²) in [5, 5.41) is 0. The number of aryl methyl sites for hydroxylation is 1. The Balaban J connectivity index is 0.944. The second-order valence-corrected chi connectivity index (χ2v) is 27.1. The van der Waals surface area contributed by atoms with Gasteiger partial charge < -0.3 is 14.7 Å². The van der Waals surface area contributed by atoms with Crippen LogP contribution in [0.5, 0.6) is 0 Å². The van der Waals surface area contributed by atoms with E-state index < -0.39 is 0 Å². The highest BCUT2D eigenvalue weighted by atomic mass is 15.2. The van der Waals surface area contributed by atoms with Gasteiger partial charge in [0, 0.05) is 57.3 Å². The van der Waals surface area contributed by atoms with Gasteiger partial charge in [0.25, 0.3) is 0 Å². The summed E-state index contributed by atoms with van der Waals surface area (Å²) in [4.78, 5) is 7.45.